The summed E-state index contributed by atoms with van der Waals surface area (Å²) in [7, 11) is -3.46. The topological polar surface area (TPSA) is 100 Å². The lowest BCUT2D eigenvalue weighted by Crippen LogP contribution is -2.47. The SMILES string of the molecule is O=S(=O)(NCCc1nc(-c2ccccc2)n[nH]1)N1CCOCC1. The molecule has 9 heteroatoms. The van der Waals surface area contributed by atoms with Crippen molar-refractivity contribution < 1.29 is 13.2 Å². The average molecular weight is 337 g/mol. The molecule has 2 N–H and O–H groups in total. The zero-order chi connectivity index (χ0) is 16.1. The van der Waals surface area contributed by atoms with Crippen LogP contribution in [-0.2, 0) is 21.4 Å². The van der Waals surface area contributed by atoms with Gasteiger partial charge in [-0.15, -0.1) is 0 Å². The standard InChI is InChI=1S/C14H19N5O3S/c20-23(21,19-8-10-22-11-9-19)15-7-6-13-16-14(18-17-13)12-4-2-1-3-5-12/h1-5,15H,6-11H2,(H,16,17,18). The van der Waals surface area contributed by atoms with Gasteiger partial charge in [0.15, 0.2) is 5.82 Å². The predicted molar refractivity (Wildman–Crippen MR) is 84.8 cm³/mol. The van der Waals surface area contributed by atoms with Crippen molar-refractivity contribution in [2.45, 2.75) is 6.42 Å². The largest absolute Gasteiger partial charge is 0.379 e. The molecule has 23 heavy (non-hydrogen) atoms. The Bertz CT molecular complexity index is 726. The first-order chi connectivity index (χ1) is 11.1. The molecule has 1 aromatic heterocycles. The van der Waals surface area contributed by atoms with Crippen molar-refractivity contribution in [2.75, 3.05) is 32.8 Å². The van der Waals surface area contributed by atoms with Crippen LogP contribution in [0.15, 0.2) is 30.3 Å². The monoisotopic (exact) mass is 337 g/mol. The van der Waals surface area contributed by atoms with E-state index in [1.54, 1.807) is 0 Å². The Labute approximate surface area is 135 Å². The molecular weight excluding hydrogens is 318 g/mol. The second-order valence-corrected chi connectivity index (χ2v) is 6.89. The van der Waals surface area contributed by atoms with Crippen LogP contribution in [0.5, 0.6) is 0 Å². The van der Waals surface area contributed by atoms with Crippen LogP contribution >= 0.6 is 0 Å². The number of H-pyrrole nitrogens is 1. The number of nitrogens with one attached hydrogen (secondary N) is 2. The van der Waals surface area contributed by atoms with Gasteiger partial charge in [-0.1, -0.05) is 30.3 Å². The van der Waals surface area contributed by atoms with Crippen LogP contribution in [0.4, 0.5) is 0 Å². The van der Waals surface area contributed by atoms with Gasteiger partial charge in [-0.3, -0.25) is 5.10 Å². The first kappa shape index (κ1) is 16.1. The summed E-state index contributed by atoms with van der Waals surface area (Å²) >= 11 is 0. The van der Waals surface area contributed by atoms with Gasteiger partial charge in [0.2, 0.25) is 0 Å². The van der Waals surface area contributed by atoms with Crippen LogP contribution in [0.3, 0.4) is 0 Å². The van der Waals surface area contributed by atoms with Crippen molar-refractivity contribution in [1.82, 2.24) is 24.2 Å². The second-order valence-electron chi connectivity index (χ2n) is 5.13. The average Bonchev–Trinajstić information content (AvgIpc) is 3.05. The maximum Gasteiger partial charge on any atom is 0.279 e. The number of benzene rings is 1. The molecule has 8 nitrogen and oxygen atoms in total. The van der Waals surface area contributed by atoms with Crippen molar-refractivity contribution >= 4 is 10.2 Å². The summed E-state index contributed by atoms with van der Waals surface area (Å²) < 4.78 is 33.4. The van der Waals surface area contributed by atoms with E-state index in [0.29, 0.717) is 44.4 Å². The highest BCUT2D eigenvalue weighted by atomic mass is 32.2. The smallest absolute Gasteiger partial charge is 0.279 e. The zero-order valence-corrected chi connectivity index (χ0v) is 13.4. The van der Waals surface area contributed by atoms with Gasteiger partial charge in [-0.05, 0) is 0 Å². The molecular formula is C14H19N5O3S. The number of morpholine rings is 1. The minimum Gasteiger partial charge on any atom is -0.379 e. The summed E-state index contributed by atoms with van der Waals surface area (Å²) in [5, 5.41) is 6.99. The summed E-state index contributed by atoms with van der Waals surface area (Å²) in [6, 6.07) is 9.61. The first-order valence-corrected chi connectivity index (χ1v) is 8.88. The number of nitrogens with zero attached hydrogens (tertiary/aromatic N) is 3. The van der Waals surface area contributed by atoms with Crippen LogP contribution in [0, 0.1) is 0 Å². The van der Waals surface area contributed by atoms with Crippen LogP contribution in [0.25, 0.3) is 11.4 Å². The molecule has 1 aromatic carbocycles. The maximum absolute atomic E-state index is 12.1. The minimum absolute atomic E-state index is 0.267. The second kappa shape index (κ2) is 7.18. The van der Waals surface area contributed by atoms with E-state index in [0.717, 1.165) is 5.56 Å². The molecule has 0 atom stereocenters. The van der Waals surface area contributed by atoms with Crippen molar-refractivity contribution in [3.05, 3.63) is 36.2 Å². The summed E-state index contributed by atoms with van der Waals surface area (Å²) in [5.74, 6) is 1.25. The normalized spacial score (nSPS) is 16.5. The summed E-state index contributed by atoms with van der Waals surface area (Å²) in [6.07, 6.45) is 0.448. The lowest BCUT2D eigenvalue weighted by Gasteiger charge is -2.25. The fourth-order valence-electron chi connectivity index (χ4n) is 2.30. The van der Waals surface area contributed by atoms with Crippen LogP contribution in [0.1, 0.15) is 5.82 Å². The first-order valence-electron chi connectivity index (χ1n) is 7.44. The van der Waals surface area contributed by atoms with Gasteiger partial charge in [0.05, 0.1) is 13.2 Å². The van der Waals surface area contributed by atoms with Gasteiger partial charge in [0.1, 0.15) is 5.82 Å². The molecule has 0 saturated carbocycles. The Balaban J connectivity index is 1.54. The molecule has 0 aliphatic carbocycles. The Morgan fingerprint density at radius 1 is 1.22 bits per heavy atom. The van der Waals surface area contributed by atoms with Crippen molar-refractivity contribution in [3.8, 4) is 11.4 Å². The molecule has 0 spiro atoms. The molecule has 0 radical (unpaired) electrons. The molecule has 2 aromatic rings. The lowest BCUT2D eigenvalue weighted by atomic mass is 10.2. The predicted octanol–water partition coefficient (Wildman–Crippen LogP) is 0.181. The van der Waals surface area contributed by atoms with E-state index in [-0.39, 0.29) is 6.54 Å². The van der Waals surface area contributed by atoms with E-state index >= 15 is 0 Å². The van der Waals surface area contributed by atoms with E-state index in [1.165, 1.54) is 4.31 Å². The molecule has 1 fully saturated rings. The number of ether oxygens (including phenoxy) is 1. The van der Waals surface area contributed by atoms with E-state index < -0.39 is 10.2 Å². The van der Waals surface area contributed by atoms with Gasteiger partial charge in [0, 0.05) is 31.6 Å². The lowest BCUT2D eigenvalue weighted by molar-refractivity contribution is 0.0725. The number of hydrogen-bond acceptors (Lipinski definition) is 5. The fraction of sp³-hybridized carbons (Fsp3) is 0.429. The van der Waals surface area contributed by atoms with Gasteiger partial charge >= 0.3 is 0 Å². The third kappa shape index (κ3) is 4.14. The Kier molecular flexibility index (Phi) is 5.01. The quantitative estimate of drug-likeness (QED) is 0.783. The van der Waals surface area contributed by atoms with Crippen molar-refractivity contribution in [2.24, 2.45) is 0 Å². The van der Waals surface area contributed by atoms with Gasteiger partial charge in [-0.2, -0.15) is 17.8 Å². The Hall–Kier alpha value is -1.81. The molecule has 1 aliphatic heterocycles. The third-order valence-corrected chi connectivity index (χ3v) is 5.13. The van der Waals surface area contributed by atoms with Gasteiger partial charge in [-0.25, -0.2) is 9.71 Å². The van der Waals surface area contributed by atoms with E-state index in [2.05, 4.69) is 19.9 Å². The highest BCUT2D eigenvalue weighted by Crippen LogP contribution is 2.13. The summed E-state index contributed by atoms with van der Waals surface area (Å²) in [5.41, 5.74) is 0.920. The van der Waals surface area contributed by atoms with Crippen molar-refractivity contribution in [1.29, 1.82) is 0 Å². The van der Waals surface area contributed by atoms with Gasteiger partial charge < -0.3 is 4.74 Å². The zero-order valence-electron chi connectivity index (χ0n) is 12.6. The highest BCUT2D eigenvalue weighted by molar-refractivity contribution is 7.87. The van der Waals surface area contributed by atoms with Crippen LogP contribution < -0.4 is 4.72 Å². The third-order valence-electron chi connectivity index (χ3n) is 3.52. The molecule has 1 saturated heterocycles. The minimum atomic E-state index is -3.46. The van der Waals surface area contributed by atoms with E-state index in [4.69, 9.17) is 4.74 Å². The summed E-state index contributed by atoms with van der Waals surface area (Å²) in [4.78, 5) is 4.38. The van der Waals surface area contributed by atoms with Crippen LogP contribution in [-0.4, -0.2) is 60.8 Å². The summed E-state index contributed by atoms with van der Waals surface area (Å²) in [6.45, 7) is 1.90. The molecule has 0 bridgehead atoms. The van der Waals surface area contributed by atoms with Crippen LogP contribution in [0.2, 0.25) is 0 Å². The molecule has 3 rings (SSSR count). The number of aromatic amines is 1. The number of aromatic nitrogens is 3. The maximum atomic E-state index is 12.1. The fourth-order valence-corrected chi connectivity index (χ4v) is 3.47. The highest BCUT2D eigenvalue weighted by Gasteiger charge is 2.23. The van der Waals surface area contributed by atoms with Gasteiger partial charge in [0.25, 0.3) is 10.2 Å². The molecule has 2 heterocycles. The number of rotatable bonds is 6. The molecule has 1 aliphatic rings. The molecule has 0 unspecified atom stereocenters. The van der Waals surface area contributed by atoms with E-state index in [9.17, 15) is 8.42 Å². The molecule has 124 valence electrons. The number of hydrogen-bond donors (Lipinski definition) is 2. The van der Waals surface area contributed by atoms with E-state index in [1.807, 2.05) is 30.3 Å². The Morgan fingerprint density at radius 2 is 1.96 bits per heavy atom. The Morgan fingerprint density at radius 3 is 2.70 bits per heavy atom. The van der Waals surface area contributed by atoms with Crippen molar-refractivity contribution in [3.63, 3.8) is 0 Å². The molecule has 0 amide bonds.